The van der Waals surface area contributed by atoms with E-state index in [1.165, 1.54) is 0 Å². The van der Waals surface area contributed by atoms with Gasteiger partial charge in [-0.3, -0.25) is 9.36 Å². The summed E-state index contributed by atoms with van der Waals surface area (Å²) in [6.07, 6.45) is 0.580. The first kappa shape index (κ1) is 14.7. The normalized spacial score (nSPS) is 13.9. The maximum Gasteiger partial charge on any atom is 0.228 e. The minimum absolute atomic E-state index is 0.112. The van der Waals surface area contributed by atoms with E-state index in [9.17, 15) is 4.79 Å². The summed E-state index contributed by atoms with van der Waals surface area (Å²) in [5.41, 5.74) is 7.58. The van der Waals surface area contributed by atoms with Crippen molar-refractivity contribution in [1.29, 1.82) is 0 Å². The van der Waals surface area contributed by atoms with Crippen molar-refractivity contribution in [2.24, 2.45) is 0 Å². The smallest absolute Gasteiger partial charge is 0.228 e. The average molecular weight is 341 g/mol. The lowest BCUT2D eigenvalue weighted by atomic mass is 10.1. The highest BCUT2D eigenvalue weighted by Gasteiger charge is 2.27. The van der Waals surface area contributed by atoms with Gasteiger partial charge in [-0.05, 0) is 29.6 Å². The molecule has 0 unspecified atom stereocenters. The van der Waals surface area contributed by atoms with Gasteiger partial charge in [0.25, 0.3) is 0 Å². The van der Waals surface area contributed by atoms with Crippen LogP contribution in [0.3, 0.4) is 0 Å². The Bertz CT molecular complexity index is 903. The van der Waals surface area contributed by atoms with Crippen LogP contribution in [0, 0.1) is 0 Å². The van der Waals surface area contributed by atoms with Gasteiger partial charge in [-0.25, -0.2) is 0 Å². The molecular weight excluding hydrogens is 326 g/mol. The van der Waals surface area contributed by atoms with E-state index in [0.29, 0.717) is 23.7 Å². The summed E-state index contributed by atoms with van der Waals surface area (Å²) in [7, 11) is 1.60. The molecule has 4 rings (SSSR count). The molecule has 1 aliphatic heterocycles. The van der Waals surface area contributed by atoms with Crippen LogP contribution in [0.1, 0.15) is 6.42 Å². The molecule has 0 spiro atoms. The molecule has 1 aliphatic rings. The molecule has 3 aromatic rings. The van der Waals surface area contributed by atoms with E-state index in [1.807, 2.05) is 35.7 Å². The number of rotatable bonds is 4. The molecule has 1 amide bonds. The highest BCUT2D eigenvalue weighted by molar-refractivity contribution is 7.13. The molecule has 24 heavy (non-hydrogen) atoms. The van der Waals surface area contributed by atoms with Crippen molar-refractivity contribution in [2.45, 2.75) is 6.42 Å². The first-order valence-electron chi connectivity index (χ1n) is 7.42. The van der Waals surface area contributed by atoms with Gasteiger partial charge in [0.05, 0.1) is 17.7 Å². The van der Waals surface area contributed by atoms with Crippen molar-refractivity contribution in [1.82, 2.24) is 14.8 Å². The first-order chi connectivity index (χ1) is 11.7. The van der Waals surface area contributed by atoms with Crippen molar-refractivity contribution in [3.63, 3.8) is 0 Å². The molecule has 3 heterocycles. The van der Waals surface area contributed by atoms with Crippen LogP contribution in [-0.4, -0.2) is 34.3 Å². The lowest BCUT2D eigenvalue weighted by Crippen LogP contribution is -2.43. The van der Waals surface area contributed by atoms with Gasteiger partial charge in [-0.2, -0.15) is 0 Å². The van der Waals surface area contributed by atoms with Gasteiger partial charge in [0.1, 0.15) is 5.75 Å². The second-order valence-electron chi connectivity index (χ2n) is 5.35. The monoisotopic (exact) mass is 341 g/mol. The third-order valence-electron chi connectivity index (χ3n) is 3.99. The third kappa shape index (κ3) is 2.23. The maximum atomic E-state index is 11.7. The SMILES string of the molecule is COc1ccc(N2CCC2=O)cc1-n1c(N)nnc1-c1cccs1. The minimum Gasteiger partial charge on any atom is -0.495 e. The Morgan fingerprint density at radius 2 is 2.17 bits per heavy atom. The number of nitrogens with two attached hydrogens (primary N) is 1. The Kier molecular flexibility index (Phi) is 3.46. The van der Waals surface area contributed by atoms with Crippen molar-refractivity contribution in [3.8, 4) is 22.1 Å². The Morgan fingerprint density at radius 1 is 1.29 bits per heavy atom. The van der Waals surface area contributed by atoms with E-state index < -0.39 is 0 Å². The van der Waals surface area contributed by atoms with Crippen LogP contribution >= 0.6 is 11.3 Å². The van der Waals surface area contributed by atoms with Crippen LogP contribution in [0.2, 0.25) is 0 Å². The number of ether oxygens (including phenoxy) is 1. The summed E-state index contributed by atoms with van der Waals surface area (Å²) >= 11 is 1.55. The molecule has 1 saturated heterocycles. The van der Waals surface area contributed by atoms with Crippen LogP contribution in [0.5, 0.6) is 5.75 Å². The topological polar surface area (TPSA) is 86.3 Å². The summed E-state index contributed by atoms with van der Waals surface area (Å²) < 4.78 is 7.23. The zero-order valence-electron chi connectivity index (χ0n) is 13.0. The average Bonchev–Trinajstić information content (AvgIpc) is 3.22. The summed E-state index contributed by atoms with van der Waals surface area (Å²) in [5.74, 6) is 1.66. The van der Waals surface area contributed by atoms with Gasteiger partial charge < -0.3 is 15.4 Å². The van der Waals surface area contributed by atoms with Crippen molar-refractivity contribution >= 4 is 28.9 Å². The van der Waals surface area contributed by atoms with Gasteiger partial charge in [0, 0.05) is 18.7 Å². The van der Waals surface area contributed by atoms with Crippen LogP contribution in [-0.2, 0) is 4.79 Å². The zero-order valence-corrected chi connectivity index (χ0v) is 13.8. The number of carbonyl (C=O) groups is 1. The molecule has 2 N–H and O–H groups in total. The second kappa shape index (κ2) is 5.64. The van der Waals surface area contributed by atoms with Crippen LogP contribution in [0.4, 0.5) is 11.6 Å². The largest absolute Gasteiger partial charge is 0.495 e. The number of benzene rings is 1. The number of nitrogens with zero attached hydrogens (tertiary/aromatic N) is 4. The van der Waals surface area contributed by atoms with Crippen LogP contribution in [0.15, 0.2) is 35.7 Å². The van der Waals surface area contributed by atoms with Crippen molar-refractivity contribution in [2.75, 3.05) is 24.3 Å². The number of amides is 1. The highest BCUT2D eigenvalue weighted by Crippen LogP contribution is 2.35. The number of β-lactam (4-membered cyclic amide) rings is 1. The summed E-state index contributed by atoms with van der Waals surface area (Å²) in [6, 6.07) is 9.48. The van der Waals surface area contributed by atoms with Crippen molar-refractivity contribution < 1.29 is 9.53 Å². The molecular formula is C16H15N5O2S. The van der Waals surface area contributed by atoms with Crippen LogP contribution in [0.25, 0.3) is 16.4 Å². The van der Waals surface area contributed by atoms with Gasteiger partial charge >= 0.3 is 0 Å². The number of anilines is 2. The lowest BCUT2D eigenvalue weighted by Gasteiger charge is -2.31. The summed E-state index contributed by atoms with van der Waals surface area (Å²) in [5, 5.41) is 10.2. The summed E-state index contributed by atoms with van der Waals surface area (Å²) in [6.45, 7) is 0.722. The van der Waals surface area contributed by atoms with Gasteiger partial charge in [-0.15, -0.1) is 21.5 Å². The zero-order chi connectivity index (χ0) is 16.7. The van der Waals surface area contributed by atoms with E-state index in [1.54, 1.807) is 27.9 Å². The van der Waals surface area contributed by atoms with Gasteiger partial charge in [0.2, 0.25) is 11.9 Å². The van der Waals surface area contributed by atoms with E-state index >= 15 is 0 Å². The van der Waals surface area contributed by atoms with Gasteiger partial charge in [-0.1, -0.05) is 6.07 Å². The number of hydrogen-bond donors (Lipinski definition) is 1. The number of nitrogen functional groups attached to an aromatic ring is 1. The molecule has 0 saturated carbocycles. The molecule has 0 aliphatic carbocycles. The molecule has 0 bridgehead atoms. The molecule has 8 heteroatoms. The van der Waals surface area contributed by atoms with Crippen molar-refractivity contribution in [3.05, 3.63) is 35.7 Å². The Morgan fingerprint density at radius 3 is 2.79 bits per heavy atom. The fourth-order valence-corrected chi connectivity index (χ4v) is 3.41. The molecule has 1 aromatic carbocycles. The number of thiophene rings is 1. The standard InChI is InChI=1S/C16H15N5O2S/c1-23-12-5-4-10(20-7-6-14(20)22)9-11(12)21-15(18-19-16(21)17)13-3-2-8-24-13/h2-5,8-9H,6-7H2,1H3,(H2,17,19). The van der Waals surface area contributed by atoms with E-state index in [4.69, 9.17) is 10.5 Å². The fraction of sp³-hybridized carbons (Fsp3) is 0.188. The molecule has 1 fully saturated rings. The molecule has 0 atom stereocenters. The maximum absolute atomic E-state index is 11.7. The highest BCUT2D eigenvalue weighted by atomic mass is 32.1. The predicted octanol–water partition coefficient (Wildman–Crippen LogP) is 2.32. The van der Waals surface area contributed by atoms with Crippen LogP contribution < -0.4 is 15.4 Å². The minimum atomic E-state index is 0.112. The number of methoxy groups -OCH3 is 1. The number of aromatic nitrogens is 3. The molecule has 2 aromatic heterocycles. The number of carbonyl (C=O) groups excluding carboxylic acids is 1. The molecule has 7 nitrogen and oxygen atoms in total. The first-order valence-corrected chi connectivity index (χ1v) is 8.30. The Hall–Kier alpha value is -2.87. The number of hydrogen-bond acceptors (Lipinski definition) is 6. The quantitative estimate of drug-likeness (QED) is 0.736. The molecule has 0 radical (unpaired) electrons. The Balaban J connectivity index is 1.88. The molecule has 122 valence electrons. The second-order valence-corrected chi connectivity index (χ2v) is 6.29. The van der Waals surface area contributed by atoms with E-state index in [0.717, 1.165) is 17.1 Å². The lowest BCUT2D eigenvalue weighted by molar-refractivity contribution is -0.122. The predicted molar refractivity (Wildman–Crippen MR) is 92.6 cm³/mol. The fourth-order valence-electron chi connectivity index (χ4n) is 2.71. The Labute approximate surface area is 142 Å². The van der Waals surface area contributed by atoms with Gasteiger partial charge in [0.15, 0.2) is 5.82 Å². The van der Waals surface area contributed by atoms with E-state index in [-0.39, 0.29) is 11.9 Å². The summed E-state index contributed by atoms with van der Waals surface area (Å²) in [4.78, 5) is 14.4. The van der Waals surface area contributed by atoms with E-state index in [2.05, 4.69) is 10.2 Å². The third-order valence-corrected chi connectivity index (χ3v) is 4.86.